The van der Waals surface area contributed by atoms with E-state index < -0.39 is 0 Å². The van der Waals surface area contributed by atoms with E-state index >= 15 is 0 Å². The summed E-state index contributed by atoms with van der Waals surface area (Å²) in [4.78, 5) is 17.4. The normalized spacial score (nSPS) is 19.9. The lowest BCUT2D eigenvalue weighted by molar-refractivity contribution is -0.929. The first-order chi connectivity index (χ1) is 13.5. The lowest BCUT2D eigenvalue weighted by atomic mass is 9.99. The number of likely N-dealkylation sites (tertiary alicyclic amines) is 1. The summed E-state index contributed by atoms with van der Waals surface area (Å²) in [5, 5.41) is 5.88. The first kappa shape index (κ1) is 19.2. The fourth-order valence-electron chi connectivity index (χ4n) is 3.87. The van der Waals surface area contributed by atoms with Gasteiger partial charge in [-0.15, -0.1) is 11.3 Å². The predicted octanol–water partition coefficient (Wildman–Crippen LogP) is 1.40. The number of hydrogen-bond acceptors (Lipinski definition) is 5. The fourth-order valence-corrected chi connectivity index (χ4v) is 5.18. The van der Waals surface area contributed by atoms with Gasteiger partial charge in [0.25, 0.3) is 0 Å². The number of aryl methyl sites for hydroxylation is 1. The van der Waals surface area contributed by atoms with Gasteiger partial charge in [0.2, 0.25) is 10.7 Å². The fraction of sp³-hybridized carbons (Fsp3) is 0.474. The van der Waals surface area contributed by atoms with Gasteiger partial charge in [-0.3, -0.25) is 4.79 Å². The zero-order valence-corrected chi connectivity index (χ0v) is 17.6. The topological polar surface area (TPSA) is 83.2 Å². The number of amides is 1. The van der Waals surface area contributed by atoms with Gasteiger partial charge in [-0.2, -0.15) is 9.78 Å². The number of carbonyl (C=O) groups excluding carboxylic acids is 1. The van der Waals surface area contributed by atoms with Gasteiger partial charge in [0.1, 0.15) is 10.8 Å². The third kappa shape index (κ3) is 4.01. The van der Waals surface area contributed by atoms with Crippen LogP contribution < -0.4 is 10.6 Å². The highest BCUT2D eigenvalue weighted by Crippen LogP contribution is 2.30. The molecule has 28 heavy (non-hydrogen) atoms. The average Bonchev–Trinajstić information content (AvgIpc) is 3.23. The maximum absolute atomic E-state index is 11.1. The summed E-state index contributed by atoms with van der Waals surface area (Å²) < 4.78 is 5.72. The van der Waals surface area contributed by atoms with Gasteiger partial charge in [0.15, 0.2) is 6.67 Å². The highest BCUT2D eigenvalue weighted by molar-refractivity contribution is 7.71. The summed E-state index contributed by atoms with van der Waals surface area (Å²) in [7, 11) is 1.90. The SMILES string of the molecule is Cn1c(CCC(N)=O)nn(C[NH+]2CCC[C@@H](c3nc4ccccc4s3)C2)c1=S. The molecule has 7 nitrogen and oxygen atoms in total. The van der Waals surface area contributed by atoms with E-state index in [-0.39, 0.29) is 12.3 Å². The second-order valence-electron chi connectivity index (χ2n) is 7.44. The molecular weight excluding hydrogens is 392 g/mol. The van der Waals surface area contributed by atoms with Gasteiger partial charge < -0.3 is 15.2 Å². The van der Waals surface area contributed by atoms with Crippen LogP contribution >= 0.6 is 23.6 Å². The Bertz CT molecular complexity index is 1020. The summed E-state index contributed by atoms with van der Waals surface area (Å²) in [5.41, 5.74) is 6.36. The molecule has 4 rings (SSSR count). The van der Waals surface area contributed by atoms with E-state index in [2.05, 4.69) is 23.3 Å². The minimum Gasteiger partial charge on any atom is -0.370 e. The third-order valence-electron chi connectivity index (χ3n) is 5.38. The number of benzene rings is 1. The molecule has 3 aromatic rings. The van der Waals surface area contributed by atoms with Crippen LogP contribution in [0.4, 0.5) is 0 Å². The van der Waals surface area contributed by atoms with Crippen LogP contribution in [0.1, 0.15) is 36.0 Å². The number of para-hydroxylation sites is 1. The van der Waals surface area contributed by atoms with Crippen LogP contribution in [0.5, 0.6) is 0 Å². The minimum absolute atomic E-state index is 0.288. The summed E-state index contributed by atoms with van der Waals surface area (Å²) in [5.74, 6) is 0.970. The Labute approximate surface area is 172 Å². The highest BCUT2D eigenvalue weighted by Gasteiger charge is 2.27. The number of nitrogens with one attached hydrogen (secondary N) is 1. The van der Waals surface area contributed by atoms with E-state index in [1.807, 2.05) is 33.7 Å². The second-order valence-corrected chi connectivity index (χ2v) is 8.87. The Morgan fingerprint density at radius 3 is 3.04 bits per heavy atom. The quantitative estimate of drug-likeness (QED) is 0.594. The lowest BCUT2D eigenvalue weighted by Gasteiger charge is -2.28. The molecule has 0 radical (unpaired) electrons. The Hall–Kier alpha value is -2.10. The molecule has 0 bridgehead atoms. The van der Waals surface area contributed by atoms with Crippen LogP contribution in [0.3, 0.4) is 0 Å². The lowest BCUT2D eigenvalue weighted by Crippen LogP contribution is -3.12. The number of rotatable bonds is 6. The van der Waals surface area contributed by atoms with E-state index in [0.29, 0.717) is 17.1 Å². The summed E-state index contributed by atoms with van der Waals surface area (Å²) >= 11 is 7.37. The summed E-state index contributed by atoms with van der Waals surface area (Å²) in [6, 6.07) is 8.35. The molecular formula is C19H25N6OS2+. The zero-order valence-electron chi connectivity index (χ0n) is 15.9. The van der Waals surface area contributed by atoms with Crippen molar-refractivity contribution >= 4 is 39.7 Å². The summed E-state index contributed by atoms with van der Waals surface area (Å²) in [6.45, 7) is 2.88. The molecule has 0 spiro atoms. The Kier molecular flexibility index (Phi) is 5.56. The molecule has 2 atom stereocenters. The van der Waals surface area contributed by atoms with Crippen molar-refractivity contribution in [1.29, 1.82) is 0 Å². The van der Waals surface area contributed by atoms with Crippen molar-refractivity contribution in [1.82, 2.24) is 19.3 Å². The number of quaternary nitrogens is 1. The Morgan fingerprint density at radius 1 is 1.43 bits per heavy atom. The van der Waals surface area contributed by atoms with Gasteiger partial charge >= 0.3 is 0 Å². The molecule has 1 aliphatic rings. The van der Waals surface area contributed by atoms with Crippen LogP contribution in [0, 0.1) is 4.77 Å². The number of piperidine rings is 1. The molecule has 1 saturated heterocycles. The second kappa shape index (κ2) is 8.10. The van der Waals surface area contributed by atoms with Crippen molar-refractivity contribution in [3.05, 3.63) is 39.9 Å². The molecule has 1 amide bonds. The number of nitrogens with zero attached hydrogens (tertiary/aromatic N) is 4. The zero-order chi connectivity index (χ0) is 19.7. The number of nitrogens with two attached hydrogens (primary N) is 1. The molecule has 0 saturated carbocycles. The van der Waals surface area contributed by atoms with Gasteiger partial charge in [-0.1, -0.05) is 12.1 Å². The standard InChI is InChI=1S/C19H24N6OS2/c1-23-17(9-8-16(20)26)22-25(19(23)27)12-24-10-4-5-13(11-24)18-21-14-6-2-3-7-15(14)28-18/h2-3,6-7,13H,4-5,8-12H2,1H3,(H2,20,26)/p+1/t13-/m1/s1. The van der Waals surface area contributed by atoms with Crippen LogP contribution in [-0.2, 0) is 24.9 Å². The molecule has 1 aliphatic heterocycles. The number of hydrogen-bond donors (Lipinski definition) is 2. The third-order valence-corrected chi connectivity index (χ3v) is 7.06. The van der Waals surface area contributed by atoms with Crippen LogP contribution in [0.15, 0.2) is 24.3 Å². The first-order valence-electron chi connectivity index (χ1n) is 9.61. The molecule has 148 valence electrons. The smallest absolute Gasteiger partial charge is 0.217 e. The average molecular weight is 418 g/mol. The monoisotopic (exact) mass is 417 g/mol. The molecule has 2 aromatic heterocycles. The largest absolute Gasteiger partial charge is 0.370 e. The number of carbonyl (C=O) groups is 1. The van der Waals surface area contributed by atoms with Gasteiger partial charge in [0.05, 0.1) is 29.2 Å². The van der Waals surface area contributed by atoms with Crippen molar-refractivity contribution in [2.24, 2.45) is 12.8 Å². The van der Waals surface area contributed by atoms with Gasteiger partial charge in [0, 0.05) is 19.9 Å². The van der Waals surface area contributed by atoms with Crippen molar-refractivity contribution in [2.45, 2.75) is 38.3 Å². The number of thiazole rings is 1. The maximum atomic E-state index is 11.1. The Morgan fingerprint density at radius 2 is 2.25 bits per heavy atom. The molecule has 9 heteroatoms. The van der Waals surface area contributed by atoms with Gasteiger partial charge in [-0.05, 0) is 37.2 Å². The minimum atomic E-state index is -0.319. The van der Waals surface area contributed by atoms with E-state index in [4.69, 9.17) is 22.9 Å². The van der Waals surface area contributed by atoms with Crippen molar-refractivity contribution in [2.75, 3.05) is 13.1 Å². The van der Waals surface area contributed by atoms with E-state index in [1.54, 1.807) is 0 Å². The predicted molar refractivity (Wildman–Crippen MR) is 112 cm³/mol. The molecule has 1 aromatic carbocycles. The van der Waals surface area contributed by atoms with E-state index in [0.717, 1.165) is 31.1 Å². The van der Waals surface area contributed by atoms with Gasteiger partial charge in [-0.25, -0.2) is 4.98 Å². The van der Waals surface area contributed by atoms with Crippen LogP contribution in [-0.4, -0.2) is 38.3 Å². The number of fused-ring (bicyclic) bond motifs is 1. The van der Waals surface area contributed by atoms with E-state index in [1.165, 1.54) is 27.4 Å². The highest BCUT2D eigenvalue weighted by atomic mass is 32.1. The van der Waals surface area contributed by atoms with E-state index in [9.17, 15) is 4.79 Å². The van der Waals surface area contributed by atoms with Crippen LogP contribution in [0.2, 0.25) is 0 Å². The van der Waals surface area contributed by atoms with Crippen molar-refractivity contribution in [3.8, 4) is 0 Å². The molecule has 3 heterocycles. The molecule has 1 fully saturated rings. The van der Waals surface area contributed by atoms with Crippen molar-refractivity contribution in [3.63, 3.8) is 0 Å². The molecule has 0 aliphatic carbocycles. The Balaban J connectivity index is 1.47. The summed E-state index contributed by atoms with van der Waals surface area (Å²) in [6.07, 6.45) is 3.16. The molecule has 1 unspecified atom stereocenters. The first-order valence-corrected chi connectivity index (χ1v) is 10.8. The number of aromatic nitrogens is 4. The maximum Gasteiger partial charge on any atom is 0.217 e. The molecule has 3 N–H and O–H groups in total. The van der Waals surface area contributed by atoms with Crippen LogP contribution in [0.25, 0.3) is 10.2 Å². The van der Waals surface area contributed by atoms with Crippen molar-refractivity contribution < 1.29 is 9.69 Å². The number of primary amides is 1.